The molecule has 0 radical (unpaired) electrons. The van der Waals surface area contributed by atoms with Gasteiger partial charge in [0.1, 0.15) is 6.04 Å². The van der Waals surface area contributed by atoms with Crippen LogP contribution < -0.4 is 10.6 Å². The molecule has 8 heteroatoms. The van der Waals surface area contributed by atoms with Crippen LogP contribution in [-0.2, 0) is 9.59 Å². The van der Waals surface area contributed by atoms with E-state index < -0.39 is 6.04 Å². The van der Waals surface area contributed by atoms with Crippen molar-refractivity contribution in [3.05, 3.63) is 30.3 Å². The van der Waals surface area contributed by atoms with Gasteiger partial charge in [-0.15, -0.1) is 5.10 Å². The van der Waals surface area contributed by atoms with E-state index >= 15 is 0 Å². The van der Waals surface area contributed by atoms with E-state index in [-0.39, 0.29) is 17.6 Å². The van der Waals surface area contributed by atoms with E-state index in [2.05, 4.69) is 25.8 Å². The molecular weight excluding hydrogens is 314 g/mol. The normalized spacial score (nSPS) is 11.7. The fourth-order valence-corrected chi connectivity index (χ4v) is 2.45. The van der Waals surface area contributed by atoms with Crippen molar-refractivity contribution in [1.82, 2.24) is 25.8 Å². The first-order valence-electron chi connectivity index (χ1n) is 7.28. The molecular formula is C15H19N5O2S. The number of benzene rings is 1. The molecule has 0 aliphatic carbocycles. The number of nitrogens with zero attached hydrogens (tertiary/aromatic N) is 2. The molecule has 122 valence electrons. The third-order valence-corrected chi connectivity index (χ3v) is 3.81. The fourth-order valence-electron chi connectivity index (χ4n) is 1.84. The third kappa shape index (κ3) is 5.10. The lowest BCUT2D eigenvalue weighted by atomic mass is 10.2. The van der Waals surface area contributed by atoms with Crippen molar-refractivity contribution < 1.29 is 9.59 Å². The second-order valence-electron chi connectivity index (χ2n) is 4.81. The van der Waals surface area contributed by atoms with Crippen molar-refractivity contribution in [1.29, 1.82) is 0 Å². The lowest BCUT2D eigenvalue weighted by Crippen LogP contribution is -2.45. The summed E-state index contributed by atoms with van der Waals surface area (Å²) in [6.45, 7) is 4.01. The molecule has 0 fully saturated rings. The number of aromatic amines is 1. The number of amides is 2. The van der Waals surface area contributed by atoms with E-state index in [0.29, 0.717) is 17.5 Å². The van der Waals surface area contributed by atoms with Crippen molar-refractivity contribution in [3.63, 3.8) is 0 Å². The van der Waals surface area contributed by atoms with Crippen LogP contribution in [-0.4, -0.2) is 45.3 Å². The maximum Gasteiger partial charge on any atom is 0.242 e. The van der Waals surface area contributed by atoms with Gasteiger partial charge in [-0.1, -0.05) is 42.1 Å². The lowest BCUT2D eigenvalue weighted by molar-refractivity contribution is -0.127. The van der Waals surface area contributed by atoms with Crippen LogP contribution in [0.1, 0.15) is 13.8 Å². The Bertz CT molecular complexity index is 659. The molecule has 0 aliphatic rings. The van der Waals surface area contributed by atoms with Crippen molar-refractivity contribution in [2.75, 3.05) is 12.3 Å². The second kappa shape index (κ2) is 8.33. The highest BCUT2D eigenvalue weighted by molar-refractivity contribution is 7.99. The number of hydrogen-bond acceptors (Lipinski definition) is 5. The van der Waals surface area contributed by atoms with Crippen LogP contribution in [0.4, 0.5) is 0 Å². The monoisotopic (exact) mass is 333 g/mol. The Morgan fingerprint density at radius 2 is 2.04 bits per heavy atom. The summed E-state index contributed by atoms with van der Waals surface area (Å²) in [6, 6.07) is 9.05. The first-order valence-corrected chi connectivity index (χ1v) is 8.26. The van der Waals surface area contributed by atoms with E-state index in [1.165, 1.54) is 11.8 Å². The van der Waals surface area contributed by atoms with Gasteiger partial charge in [-0.25, -0.2) is 4.98 Å². The Labute approximate surface area is 138 Å². The van der Waals surface area contributed by atoms with Gasteiger partial charge in [0.15, 0.2) is 5.82 Å². The number of nitrogens with one attached hydrogen (secondary N) is 3. The molecule has 23 heavy (non-hydrogen) atoms. The number of rotatable bonds is 7. The molecule has 0 aliphatic heterocycles. The minimum atomic E-state index is -0.560. The van der Waals surface area contributed by atoms with Crippen molar-refractivity contribution in [3.8, 4) is 11.4 Å². The Hall–Kier alpha value is -2.35. The minimum Gasteiger partial charge on any atom is -0.355 e. The molecule has 7 nitrogen and oxygen atoms in total. The van der Waals surface area contributed by atoms with Crippen LogP contribution in [0.25, 0.3) is 11.4 Å². The first kappa shape index (κ1) is 17.0. The highest BCUT2D eigenvalue weighted by Crippen LogP contribution is 2.18. The topological polar surface area (TPSA) is 99.8 Å². The van der Waals surface area contributed by atoms with Gasteiger partial charge in [0.2, 0.25) is 17.0 Å². The average molecular weight is 333 g/mol. The molecule has 1 atom stereocenters. The summed E-state index contributed by atoms with van der Waals surface area (Å²) in [7, 11) is 0. The van der Waals surface area contributed by atoms with Gasteiger partial charge in [0.05, 0.1) is 5.75 Å². The van der Waals surface area contributed by atoms with E-state index in [1.54, 1.807) is 6.92 Å². The third-order valence-electron chi connectivity index (χ3n) is 2.97. The number of H-pyrrole nitrogens is 1. The Balaban J connectivity index is 1.83. The largest absolute Gasteiger partial charge is 0.355 e. The molecule has 2 amide bonds. The summed E-state index contributed by atoms with van der Waals surface area (Å²) in [5, 5.41) is 12.7. The predicted molar refractivity (Wildman–Crippen MR) is 88.8 cm³/mol. The maximum absolute atomic E-state index is 11.8. The molecule has 0 bridgehead atoms. The van der Waals surface area contributed by atoms with Crippen molar-refractivity contribution >= 4 is 23.6 Å². The molecule has 2 rings (SSSR count). The van der Waals surface area contributed by atoms with Gasteiger partial charge in [-0.3, -0.25) is 14.7 Å². The van der Waals surface area contributed by atoms with E-state index in [0.717, 1.165) is 5.56 Å². The number of likely N-dealkylation sites (N-methyl/N-ethyl adjacent to an activating group) is 1. The maximum atomic E-state index is 11.8. The fraction of sp³-hybridized carbons (Fsp3) is 0.333. The van der Waals surface area contributed by atoms with Gasteiger partial charge in [-0.05, 0) is 13.8 Å². The van der Waals surface area contributed by atoms with Crippen molar-refractivity contribution in [2.24, 2.45) is 0 Å². The Kier molecular flexibility index (Phi) is 6.16. The summed E-state index contributed by atoms with van der Waals surface area (Å²) >= 11 is 1.21. The van der Waals surface area contributed by atoms with Crippen LogP contribution in [0.5, 0.6) is 0 Å². The first-order chi connectivity index (χ1) is 11.1. The van der Waals surface area contributed by atoms with E-state index in [9.17, 15) is 9.59 Å². The zero-order valence-corrected chi connectivity index (χ0v) is 13.8. The van der Waals surface area contributed by atoms with E-state index in [1.807, 2.05) is 37.3 Å². The van der Waals surface area contributed by atoms with Crippen LogP contribution in [0.2, 0.25) is 0 Å². The quantitative estimate of drug-likeness (QED) is 0.661. The predicted octanol–water partition coefficient (Wildman–Crippen LogP) is 1.20. The highest BCUT2D eigenvalue weighted by atomic mass is 32.2. The molecule has 0 saturated carbocycles. The SMILES string of the molecule is CCNC(=O)[C@@H](C)NC(=O)CSc1n[nH]c(-c2ccccc2)n1. The average Bonchev–Trinajstić information content (AvgIpc) is 3.03. The smallest absolute Gasteiger partial charge is 0.242 e. The van der Waals surface area contributed by atoms with E-state index in [4.69, 9.17) is 0 Å². The number of carbonyl (C=O) groups is 2. The van der Waals surface area contributed by atoms with Crippen LogP contribution >= 0.6 is 11.8 Å². The molecule has 0 saturated heterocycles. The van der Waals surface area contributed by atoms with Gasteiger partial charge in [0, 0.05) is 12.1 Å². The molecule has 1 aromatic carbocycles. The van der Waals surface area contributed by atoms with Gasteiger partial charge < -0.3 is 10.6 Å². The summed E-state index contributed by atoms with van der Waals surface area (Å²) in [6.07, 6.45) is 0. The van der Waals surface area contributed by atoms with Crippen molar-refractivity contribution in [2.45, 2.75) is 25.0 Å². The number of aromatic nitrogens is 3. The number of hydrogen-bond donors (Lipinski definition) is 3. The zero-order chi connectivity index (χ0) is 16.7. The summed E-state index contributed by atoms with van der Waals surface area (Å²) in [5.74, 6) is 0.370. The molecule has 1 aromatic heterocycles. The summed E-state index contributed by atoms with van der Waals surface area (Å²) in [5.41, 5.74) is 0.932. The number of carbonyl (C=O) groups excluding carboxylic acids is 2. The van der Waals surface area contributed by atoms with Gasteiger partial charge in [0.25, 0.3) is 0 Å². The molecule has 0 unspecified atom stereocenters. The van der Waals surface area contributed by atoms with Crippen LogP contribution in [0.3, 0.4) is 0 Å². The number of thioether (sulfide) groups is 1. The van der Waals surface area contributed by atoms with Crippen LogP contribution in [0, 0.1) is 0 Å². The summed E-state index contributed by atoms with van der Waals surface area (Å²) < 4.78 is 0. The standard InChI is InChI=1S/C15H19N5O2S/c1-3-16-14(22)10(2)17-12(21)9-23-15-18-13(19-20-15)11-7-5-4-6-8-11/h4-8,10H,3,9H2,1-2H3,(H,16,22)(H,17,21)(H,18,19,20)/t10-/m1/s1. The minimum absolute atomic E-state index is 0.149. The lowest BCUT2D eigenvalue weighted by Gasteiger charge is -2.12. The molecule has 1 heterocycles. The molecule has 0 spiro atoms. The van der Waals surface area contributed by atoms with Gasteiger partial charge >= 0.3 is 0 Å². The second-order valence-corrected chi connectivity index (χ2v) is 5.75. The zero-order valence-electron chi connectivity index (χ0n) is 13.0. The Morgan fingerprint density at radius 3 is 2.74 bits per heavy atom. The highest BCUT2D eigenvalue weighted by Gasteiger charge is 2.15. The van der Waals surface area contributed by atoms with Crippen LogP contribution in [0.15, 0.2) is 35.5 Å². The summed E-state index contributed by atoms with van der Waals surface area (Å²) in [4.78, 5) is 27.7. The molecule has 2 aromatic rings. The Morgan fingerprint density at radius 1 is 1.30 bits per heavy atom. The molecule has 3 N–H and O–H groups in total. The van der Waals surface area contributed by atoms with Gasteiger partial charge in [-0.2, -0.15) is 0 Å².